The summed E-state index contributed by atoms with van der Waals surface area (Å²) in [6, 6.07) is 9.29. The first-order chi connectivity index (χ1) is 7.66. The summed E-state index contributed by atoms with van der Waals surface area (Å²) < 4.78 is 0. The van der Waals surface area contributed by atoms with Crippen LogP contribution in [0.25, 0.3) is 0 Å². The topological polar surface area (TPSA) is 52.7 Å². The van der Waals surface area contributed by atoms with Crippen LogP contribution in [0.1, 0.15) is 5.56 Å². The van der Waals surface area contributed by atoms with Gasteiger partial charge in [-0.3, -0.25) is 4.79 Å². The molecule has 1 fully saturated rings. The van der Waals surface area contributed by atoms with Crippen LogP contribution in [0.15, 0.2) is 30.3 Å². The van der Waals surface area contributed by atoms with Crippen molar-refractivity contribution in [3.05, 3.63) is 35.9 Å². The molecule has 3 amide bonds. The predicted octanol–water partition coefficient (Wildman–Crippen LogP) is 0.585. The van der Waals surface area contributed by atoms with E-state index in [1.165, 1.54) is 9.91 Å². The van der Waals surface area contributed by atoms with Crippen molar-refractivity contribution in [2.45, 2.75) is 6.54 Å². The molecule has 1 N–H and O–H groups in total. The van der Waals surface area contributed by atoms with Crippen LogP contribution in [0.4, 0.5) is 4.79 Å². The molecule has 0 aliphatic carbocycles. The molecule has 5 heteroatoms. The van der Waals surface area contributed by atoms with Crippen LogP contribution in [0.2, 0.25) is 0 Å². The summed E-state index contributed by atoms with van der Waals surface area (Å²) >= 11 is 0. The molecule has 0 aromatic heterocycles. The van der Waals surface area contributed by atoms with E-state index in [-0.39, 0.29) is 18.5 Å². The number of nitrogens with one attached hydrogen (secondary N) is 1. The van der Waals surface area contributed by atoms with Crippen molar-refractivity contribution in [2.24, 2.45) is 0 Å². The fraction of sp³-hybridized carbons (Fsp3) is 0.273. The first kappa shape index (κ1) is 10.5. The van der Waals surface area contributed by atoms with Crippen molar-refractivity contribution in [1.29, 1.82) is 0 Å². The molecule has 1 aromatic carbocycles. The Morgan fingerprint density at radius 2 is 1.94 bits per heavy atom. The van der Waals surface area contributed by atoms with E-state index in [2.05, 4.69) is 5.43 Å². The molecule has 1 aliphatic heterocycles. The Morgan fingerprint density at radius 3 is 2.62 bits per heavy atom. The van der Waals surface area contributed by atoms with E-state index in [9.17, 15) is 9.59 Å². The van der Waals surface area contributed by atoms with E-state index in [4.69, 9.17) is 0 Å². The Hall–Kier alpha value is -2.04. The van der Waals surface area contributed by atoms with Crippen LogP contribution in [-0.2, 0) is 11.3 Å². The number of benzene rings is 1. The molecule has 1 aromatic rings. The maximum Gasteiger partial charge on any atom is 0.336 e. The van der Waals surface area contributed by atoms with E-state index in [1.54, 1.807) is 7.05 Å². The number of hydrogen-bond acceptors (Lipinski definition) is 2. The largest absolute Gasteiger partial charge is 0.336 e. The maximum atomic E-state index is 11.6. The molecule has 16 heavy (non-hydrogen) atoms. The number of carbonyl (C=O) groups is 2. The molecule has 0 saturated carbocycles. The Balaban J connectivity index is 2.05. The third kappa shape index (κ3) is 2.13. The average Bonchev–Trinajstić information content (AvgIpc) is 2.27. The van der Waals surface area contributed by atoms with E-state index < -0.39 is 0 Å². The van der Waals surface area contributed by atoms with Gasteiger partial charge in [0.15, 0.2) is 0 Å². The van der Waals surface area contributed by atoms with Gasteiger partial charge in [0.25, 0.3) is 5.91 Å². The van der Waals surface area contributed by atoms with Gasteiger partial charge in [0.1, 0.15) is 6.54 Å². The molecule has 0 atom stereocenters. The first-order valence-electron chi connectivity index (χ1n) is 5.03. The van der Waals surface area contributed by atoms with Crippen LogP contribution in [0.3, 0.4) is 0 Å². The van der Waals surface area contributed by atoms with Crippen molar-refractivity contribution in [2.75, 3.05) is 13.6 Å². The van der Waals surface area contributed by atoms with Gasteiger partial charge in [-0.2, -0.15) is 0 Å². The second-order valence-electron chi connectivity index (χ2n) is 3.74. The minimum atomic E-state index is -0.254. The lowest BCUT2D eigenvalue weighted by Crippen LogP contribution is -2.58. The van der Waals surface area contributed by atoms with Crippen molar-refractivity contribution in [3.63, 3.8) is 0 Å². The van der Waals surface area contributed by atoms with Crippen LogP contribution in [-0.4, -0.2) is 35.4 Å². The Labute approximate surface area is 93.6 Å². The summed E-state index contributed by atoms with van der Waals surface area (Å²) in [5, 5.41) is 1.34. The number of amides is 3. The standard InChI is InChI=1S/C11H13N3O2/c1-13-8-10(15)14(12-11(13)16)7-9-5-3-2-4-6-9/h2-6H,7-8H2,1H3,(H,12,16). The maximum absolute atomic E-state index is 11.6. The molecule has 0 bridgehead atoms. The van der Waals surface area contributed by atoms with Crippen molar-refractivity contribution in [1.82, 2.24) is 15.3 Å². The third-order valence-corrected chi connectivity index (χ3v) is 2.43. The Bertz CT molecular complexity index is 405. The lowest BCUT2D eigenvalue weighted by molar-refractivity contribution is -0.137. The minimum absolute atomic E-state index is 0.106. The van der Waals surface area contributed by atoms with Crippen molar-refractivity contribution >= 4 is 11.9 Å². The highest BCUT2D eigenvalue weighted by atomic mass is 16.2. The van der Waals surface area contributed by atoms with Gasteiger partial charge in [-0.25, -0.2) is 15.2 Å². The number of likely N-dealkylation sites (N-methyl/N-ethyl adjacent to an activating group) is 1. The Morgan fingerprint density at radius 1 is 1.25 bits per heavy atom. The van der Waals surface area contributed by atoms with Crippen LogP contribution < -0.4 is 5.43 Å². The summed E-state index contributed by atoms with van der Waals surface area (Å²) in [5.41, 5.74) is 3.52. The zero-order valence-electron chi connectivity index (χ0n) is 9.01. The zero-order chi connectivity index (χ0) is 11.5. The van der Waals surface area contributed by atoms with E-state index >= 15 is 0 Å². The quantitative estimate of drug-likeness (QED) is 0.791. The predicted molar refractivity (Wildman–Crippen MR) is 58.2 cm³/mol. The van der Waals surface area contributed by atoms with Crippen LogP contribution in [0.5, 0.6) is 0 Å². The van der Waals surface area contributed by atoms with Gasteiger partial charge in [-0.1, -0.05) is 30.3 Å². The summed E-state index contributed by atoms with van der Waals surface area (Å²) in [4.78, 5) is 24.3. The summed E-state index contributed by atoms with van der Waals surface area (Å²) in [6.45, 7) is 0.526. The highest BCUT2D eigenvalue weighted by Gasteiger charge is 2.26. The monoisotopic (exact) mass is 219 g/mol. The number of rotatable bonds is 2. The van der Waals surface area contributed by atoms with Gasteiger partial charge in [-0.05, 0) is 5.56 Å². The lowest BCUT2D eigenvalue weighted by Gasteiger charge is -2.32. The van der Waals surface area contributed by atoms with Gasteiger partial charge in [0.05, 0.1) is 6.54 Å². The normalized spacial score (nSPS) is 16.3. The van der Waals surface area contributed by atoms with Gasteiger partial charge in [0, 0.05) is 7.05 Å². The molecule has 84 valence electrons. The highest BCUT2D eigenvalue weighted by Crippen LogP contribution is 2.06. The molecule has 1 heterocycles. The van der Waals surface area contributed by atoms with Gasteiger partial charge in [-0.15, -0.1) is 0 Å². The van der Waals surface area contributed by atoms with Crippen LogP contribution in [0, 0.1) is 0 Å². The van der Waals surface area contributed by atoms with Crippen LogP contribution >= 0.6 is 0 Å². The number of carbonyl (C=O) groups excluding carboxylic acids is 2. The van der Waals surface area contributed by atoms with Crippen molar-refractivity contribution in [3.8, 4) is 0 Å². The number of hydrogen-bond donors (Lipinski definition) is 1. The average molecular weight is 219 g/mol. The summed E-state index contributed by atoms with van der Waals surface area (Å²) in [7, 11) is 1.59. The van der Waals surface area contributed by atoms with E-state index in [1.807, 2.05) is 30.3 Å². The highest BCUT2D eigenvalue weighted by molar-refractivity contribution is 5.89. The van der Waals surface area contributed by atoms with Gasteiger partial charge < -0.3 is 4.90 Å². The summed E-state index contributed by atoms with van der Waals surface area (Å²) in [6.07, 6.45) is 0. The lowest BCUT2D eigenvalue weighted by atomic mass is 10.2. The summed E-state index contributed by atoms with van der Waals surface area (Å²) in [5.74, 6) is -0.106. The molecule has 1 aliphatic rings. The molecule has 0 unspecified atom stereocenters. The number of nitrogens with zero attached hydrogens (tertiary/aromatic N) is 2. The molecule has 1 saturated heterocycles. The SMILES string of the molecule is CN1CC(=O)N(Cc2ccccc2)NC1=O. The molecular weight excluding hydrogens is 206 g/mol. The number of hydrazine groups is 1. The smallest absolute Gasteiger partial charge is 0.317 e. The molecule has 0 spiro atoms. The Kier molecular flexibility index (Phi) is 2.76. The van der Waals surface area contributed by atoms with E-state index in [0.29, 0.717) is 6.54 Å². The molecule has 5 nitrogen and oxygen atoms in total. The van der Waals surface area contributed by atoms with Crippen molar-refractivity contribution < 1.29 is 9.59 Å². The third-order valence-electron chi connectivity index (χ3n) is 2.43. The van der Waals surface area contributed by atoms with E-state index in [0.717, 1.165) is 5.56 Å². The molecule has 2 rings (SSSR count). The second kappa shape index (κ2) is 4.22. The first-order valence-corrected chi connectivity index (χ1v) is 5.03. The van der Waals surface area contributed by atoms with Gasteiger partial charge >= 0.3 is 6.03 Å². The second-order valence-corrected chi connectivity index (χ2v) is 3.74. The number of urea groups is 1. The molecule has 0 radical (unpaired) electrons. The molecular formula is C11H13N3O2. The fourth-order valence-electron chi connectivity index (χ4n) is 1.52. The van der Waals surface area contributed by atoms with Gasteiger partial charge in [0.2, 0.25) is 0 Å². The zero-order valence-corrected chi connectivity index (χ0v) is 9.01. The minimum Gasteiger partial charge on any atom is -0.317 e. The fourth-order valence-corrected chi connectivity index (χ4v) is 1.52.